The zero-order valence-corrected chi connectivity index (χ0v) is 10.0. The fourth-order valence-corrected chi connectivity index (χ4v) is 2.14. The van der Waals surface area contributed by atoms with Crippen molar-refractivity contribution >= 4 is 16.6 Å². The zero-order valence-electron chi connectivity index (χ0n) is 10.0. The van der Waals surface area contributed by atoms with E-state index >= 15 is 0 Å². The van der Waals surface area contributed by atoms with E-state index in [2.05, 4.69) is 0 Å². The molecule has 19 heavy (non-hydrogen) atoms. The van der Waals surface area contributed by atoms with E-state index in [9.17, 15) is 9.18 Å². The van der Waals surface area contributed by atoms with E-state index in [1.807, 2.05) is 12.1 Å². The van der Waals surface area contributed by atoms with Crippen molar-refractivity contribution in [3.63, 3.8) is 0 Å². The molecule has 0 unspecified atom stereocenters. The van der Waals surface area contributed by atoms with E-state index in [-0.39, 0.29) is 11.4 Å². The summed E-state index contributed by atoms with van der Waals surface area (Å²) in [5.41, 5.74) is 6.27. The van der Waals surface area contributed by atoms with Crippen molar-refractivity contribution in [3.8, 4) is 5.69 Å². The van der Waals surface area contributed by atoms with Gasteiger partial charge in [-0.3, -0.25) is 9.36 Å². The van der Waals surface area contributed by atoms with Crippen LogP contribution in [-0.4, -0.2) is 4.57 Å². The van der Waals surface area contributed by atoms with Gasteiger partial charge >= 0.3 is 0 Å². The van der Waals surface area contributed by atoms with Crippen LogP contribution in [-0.2, 0) is 0 Å². The molecule has 0 saturated heterocycles. The molecule has 0 saturated carbocycles. The van der Waals surface area contributed by atoms with Crippen molar-refractivity contribution in [1.82, 2.24) is 4.57 Å². The maximum atomic E-state index is 12.9. The van der Waals surface area contributed by atoms with Gasteiger partial charge in [0.15, 0.2) is 0 Å². The Balaban J connectivity index is 2.35. The molecule has 4 heteroatoms. The van der Waals surface area contributed by atoms with E-state index < -0.39 is 0 Å². The van der Waals surface area contributed by atoms with Crippen LogP contribution in [0.2, 0.25) is 0 Å². The first-order valence-corrected chi connectivity index (χ1v) is 5.83. The van der Waals surface area contributed by atoms with Gasteiger partial charge < -0.3 is 5.73 Å². The number of fused-ring (bicyclic) bond motifs is 1. The van der Waals surface area contributed by atoms with E-state index in [0.717, 1.165) is 5.39 Å². The number of halogens is 1. The highest BCUT2D eigenvalue weighted by Gasteiger charge is 2.08. The molecule has 0 aliphatic rings. The summed E-state index contributed by atoms with van der Waals surface area (Å²) in [7, 11) is 0. The predicted molar refractivity (Wildman–Crippen MR) is 73.9 cm³/mol. The molecule has 2 N–H and O–H groups in total. The normalized spacial score (nSPS) is 10.8. The number of aromatic nitrogens is 1. The Morgan fingerprint density at radius 2 is 1.68 bits per heavy atom. The van der Waals surface area contributed by atoms with Gasteiger partial charge in [0, 0.05) is 5.39 Å². The quantitative estimate of drug-likeness (QED) is 0.725. The van der Waals surface area contributed by atoms with Crippen molar-refractivity contribution in [3.05, 3.63) is 70.8 Å². The first-order valence-electron chi connectivity index (χ1n) is 5.83. The summed E-state index contributed by atoms with van der Waals surface area (Å²) < 4.78 is 14.3. The van der Waals surface area contributed by atoms with Crippen LogP contribution in [0.5, 0.6) is 0 Å². The third kappa shape index (κ3) is 1.87. The first kappa shape index (κ1) is 11.5. The molecule has 1 heterocycles. The lowest BCUT2D eigenvalue weighted by atomic mass is 10.1. The highest BCUT2D eigenvalue weighted by Crippen LogP contribution is 2.17. The summed E-state index contributed by atoms with van der Waals surface area (Å²) in [4.78, 5) is 12.4. The number of nitrogens with zero attached hydrogens (tertiary/aromatic N) is 1. The maximum absolute atomic E-state index is 12.9. The summed E-state index contributed by atoms with van der Waals surface area (Å²) in [6.07, 6.45) is 0. The Labute approximate surface area is 108 Å². The lowest BCUT2D eigenvalue weighted by Gasteiger charge is -2.11. The third-order valence-corrected chi connectivity index (χ3v) is 3.04. The lowest BCUT2D eigenvalue weighted by molar-refractivity contribution is 0.627. The van der Waals surface area contributed by atoms with E-state index in [1.54, 1.807) is 18.2 Å². The van der Waals surface area contributed by atoms with Gasteiger partial charge in [-0.25, -0.2) is 4.39 Å². The molecule has 94 valence electrons. The summed E-state index contributed by atoms with van der Waals surface area (Å²) in [6.45, 7) is 0. The summed E-state index contributed by atoms with van der Waals surface area (Å²) in [6, 6.07) is 14.6. The molecule has 0 radical (unpaired) electrons. The molecule has 0 fully saturated rings. The molecule has 0 aliphatic carbocycles. The van der Waals surface area contributed by atoms with Crippen molar-refractivity contribution in [2.45, 2.75) is 0 Å². The minimum Gasteiger partial charge on any atom is -0.385 e. The van der Waals surface area contributed by atoms with Gasteiger partial charge in [-0.1, -0.05) is 18.2 Å². The van der Waals surface area contributed by atoms with Crippen LogP contribution in [0.25, 0.3) is 16.5 Å². The van der Waals surface area contributed by atoms with Crippen molar-refractivity contribution < 1.29 is 4.39 Å². The minimum absolute atomic E-state index is 0.206. The fourth-order valence-electron chi connectivity index (χ4n) is 2.14. The van der Waals surface area contributed by atoms with Gasteiger partial charge in [0.2, 0.25) is 0 Å². The second-order valence-electron chi connectivity index (χ2n) is 4.27. The SMILES string of the molecule is Nc1cc2ccccc2c(=O)n1-c1ccc(F)cc1. The number of hydrogen-bond acceptors (Lipinski definition) is 2. The molecule has 3 nitrogen and oxygen atoms in total. The number of hydrogen-bond donors (Lipinski definition) is 1. The van der Waals surface area contributed by atoms with E-state index in [1.165, 1.54) is 28.8 Å². The van der Waals surface area contributed by atoms with Gasteiger partial charge in [0.25, 0.3) is 5.56 Å². The highest BCUT2D eigenvalue weighted by atomic mass is 19.1. The smallest absolute Gasteiger partial charge is 0.264 e. The largest absolute Gasteiger partial charge is 0.385 e. The standard InChI is InChI=1S/C15H11FN2O/c16-11-5-7-12(8-6-11)18-14(17)9-10-3-1-2-4-13(10)15(18)19/h1-9H,17H2. The lowest BCUT2D eigenvalue weighted by Crippen LogP contribution is -2.21. The Morgan fingerprint density at radius 3 is 2.42 bits per heavy atom. The molecule has 0 amide bonds. The zero-order chi connectivity index (χ0) is 13.4. The molecule has 0 aliphatic heterocycles. The van der Waals surface area contributed by atoms with Crippen molar-refractivity contribution in [1.29, 1.82) is 0 Å². The Kier molecular flexibility index (Phi) is 2.56. The second-order valence-corrected chi connectivity index (χ2v) is 4.27. The second kappa shape index (κ2) is 4.24. The number of anilines is 1. The van der Waals surface area contributed by atoms with E-state index in [4.69, 9.17) is 5.73 Å². The minimum atomic E-state index is -0.351. The van der Waals surface area contributed by atoms with Gasteiger partial charge in [-0.2, -0.15) is 0 Å². The summed E-state index contributed by atoms with van der Waals surface area (Å²) in [5.74, 6) is -0.0218. The Bertz CT molecular complexity index is 806. The maximum Gasteiger partial charge on any atom is 0.264 e. The first-order chi connectivity index (χ1) is 9.16. The number of rotatable bonds is 1. The fraction of sp³-hybridized carbons (Fsp3) is 0. The summed E-state index contributed by atoms with van der Waals surface area (Å²) in [5, 5.41) is 1.38. The third-order valence-electron chi connectivity index (χ3n) is 3.04. The molecule has 0 spiro atoms. The number of benzene rings is 2. The number of nitrogen functional groups attached to an aromatic ring is 1. The highest BCUT2D eigenvalue weighted by molar-refractivity contribution is 5.84. The van der Waals surface area contributed by atoms with Crippen LogP contribution in [0, 0.1) is 5.82 Å². The topological polar surface area (TPSA) is 48.0 Å². The molecule has 2 aromatic carbocycles. The molecule has 3 rings (SSSR count). The van der Waals surface area contributed by atoms with Gasteiger partial charge in [-0.05, 0) is 41.8 Å². The molecular formula is C15H11FN2O. The van der Waals surface area contributed by atoms with Gasteiger partial charge in [-0.15, -0.1) is 0 Å². The van der Waals surface area contributed by atoms with Crippen LogP contribution >= 0.6 is 0 Å². The van der Waals surface area contributed by atoms with Crippen LogP contribution in [0.4, 0.5) is 10.2 Å². The van der Waals surface area contributed by atoms with Crippen LogP contribution in [0.15, 0.2) is 59.4 Å². The average molecular weight is 254 g/mol. The molecule has 1 aromatic heterocycles. The molecule has 0 atom stereocenters. The van der Waals surface area contributed by atoms with Crippen LogP contribution in [0.1, 0.15) is 0 Å². The molecule has 3 aromatic rings. The Morgan fingerprint density at radius 1 is 1.00 bits per heavy atom. The summed E-state index contributed by atoms with van der Waals surface area (Å²) >= 11 is 0. The number of pyridine rings is 1. The number of nitrogens with two attached hydrogens (primary N) is 1. The molecule has 0 bridgehead atoms. The van der Waals surface area contributed by atoms with Gasteiger partial charge in [0.1, 0.15) is 11.6 Å². The molecular weight excluding hydrogens is 243 g/mol. The Hall–Kier alpha value is -2.62. The predicted octanol–water partition coefficient (Wildman–Crippen LogP) is 2.71. The van der Waals surface area contributed by atoms with Crippen molar-refractivity contribution in [2.75, 3.05) is 5.73 Å². The van der Waals surface area contributed by atoms with Crippen LogP contribution < -0.4 is 11.3 Å². The van der Waals surface area contributed by atoms with E-state index in [0.29, 0.717) is 16.9 Å². The van der Waals surface area contributed by atoms with Gasteiger partial charge in [0.05, 0.1) is 5.69 Å². The van der Waals surface area contributed by atoms with Crippen LogP contribution in [0.3, 0.4) is 0 Å². The van der Waals surface area contributed by atoms with Crippen molar-refractivity contribution in [2.24, 2.45) is 0 Å². The monoisotopic (exact) mass is 254 g/mol. The average Bonchev–Trinajstić information content (AvgIpc) is 2.41.